The third kappa shape index (κ3) is 3.72. The number of hydrogen-bond donors (Lipinski definition) is 1. The van der Waals surface area contributed by atoms with Crippen LogP contribution in [-0.4, -0.2) is 44.0 Å². The normalized spacial score (nSPS) is 16.3. The number of benzene rings is 1. The van der Waals surface area contributed by atoms with E-state index in [1.165, 1.54) is 32.1 Å². The van der Waals surface area contributed by atoms with Gasteiger partial charge in [0.25, 0.3) is 0 Å². The number of aliphatic hydroxyl groups is 1. The van der Waals surface area contributed by atoms with Crippen LogP contribution in [0.1, 0.15) is 37.9 Å². The molecule has 118 valence electrons. The summed E-state index contributed by atoms with van der Waals surface area (Å²) in [5.74, 6) is 0.822. The molecule has 0 saturated heterocycles. The molecule has 3 rings (SSSR count). The number of para-hydroxylation sites is 1. The smallest absolute Gasteiger partial charge is 0.165 e. The molecule has 1 N–H and O–H groups in total. The van der Waals surface area contributed by atoms with Crippen LogP contribution < -0.4 is 0 Å². The molecule has 0 amide bonds. The van der Waals surface area contributed by atoms with Crippen molar-refractivity contribution in [3.8, 4) is 5.69 Å². The second-order valence-corrected chi connectivity index (χ2v) is 5.93. The highest BCUT2D eigenvalue weighted by Crippen LogP contribution is 2.23. The minimum Gasteiger partial charge on any atom is -0.395 e. The van der Waals surface area contributed by atoms with Crippen molar-refractivity contribution in [1.29, 1.82) is 0 Å². The van der Waals surface area contributed by atoms with E-state index in [9.17, 15) is 5.11 Å². The topological polar surface area (TPSA) is 54.2 Å². The first-order chi connectivity index (χ1) is 10.9. The molecule has 1 aromatic heterocycles. The molecule has 1 aliphatic rings. The lowest BCUT2D eigenvalue weighted by atomic mass is 9.94. The quantitative estimate of drug-likeness (QED) is 0.890. The van der Waals surface area contributed by atoms with E-state index in [2.05, 4.69) is 15.0 Å². The van der Waals surface area contributed by atoms with Crippen molar-refractivity contribution in [3.63, 3.8) is 0 Å². The number of aromatic nitrogens is 3. The van der Waals surface area contributed by atoms with Gasteiger partial charge in [-0.05, 0) is 25.0 Å². The molecule has 1 aromatic carbocycles. The second-order valence-electron chi connectivity index (χ2n) is 5.93. The lowest BCUT2D eigenvalue weighted by Gasteiger charge is -2.33. The van der Waals surface area contributed by atoms with Crippen molar-refractivity contribution in [1.82, 2.24) is 19.7 Å². The highest BCUT2D eigenvalue weighted by molar-refractivity contribution is 5.29. The van der Waals surface area contributed by atoms with E-state index in [-0.39, 0.29) is 6.61 Å². The molecule has 2 aromatic rings. The molecule has 1 saturated carbocycles. The summed E-state index contributed by atoms with van der Waals surface area (Å²) in [6, 6.07) is 10.6. The average Bonchev–Trinajstić information content (AvgIpc) is 3.05. The monoisotopic (exact) mass is 300 g/mol. The summed E-state index contributed by atoms with van der Waals surface area (Å²) in [7, 11) is 0. The first-order valence-electron chi connectivity index (χ1n) is 8.17. The Balaban J connectivity index is 1.69. The third-order valence-electron chi connectivity index (χ3n) is 4.38. The maximum Gasteiger partial charge on any atom is 0.165 e. The molecule has 5 nitrogen and oxygen atoms in total. The van der Waals surface area contributed by atoms with E-state index in [0.717, 1.165) is 11.5 Å². The Hall–Kier alpha value is -1.72. The van der Waals surface area contributed by atoms with Crippen molar-refractivity contribution in [3.05, 3.63) is 42.5 Å². The van der Waals surface area contributed by atoms with E-state index < -0.39 is 0 Å². The van der Waals surface area contributed by atoms with E-state index in [1.54, 1.807) is 6.33 Å². The number of nitrogens with zero attached hydrogens (tertiary/aromatic N) is 4. The van der Waals surface area contributed by atoms with E-state index >= 15 is 0 Å². The van der Waals surface area contributed by atoms with Crippen molar-refractivity contribution in [2.45, 2.75) is 44.7 Å². The van der Waals surface area contributed by atoms with Crippen LogP contribution in [0.4, 0.5) is 0 Å². The van der Waals surface area contributed by atoms with Gasteiger partial charge in [0.2, 0.25) is 0 Å². The summed E-state index contributed by atoms with van der Waals surface area (Å²) in [5, 5.41) is 13.9. The molecule has 0 radical (unpaired) electrons. The zero-order valence-electron chi connectivity index (χ0n) is 12.9. The fraction of sp³-hybridized carbons (Fsp3) is 0.529. The maximum absolute atomic E-state index is 9.34. The minimum atomic E-state index is 0.190. The Morgan fingerprint density at radius 1 is 1.14 bits per heavy atom. The van der Waals surface area contributed by atoms with E-state index in [1.807, 2.05) is 35.0 Å². The molecule has 0 atom stereocenters. The zero-order valence-corrected chi connectivity index (χ0v) is 12.9. The molecule has 0 spiro atoms. The van der Waals surface area contributed by atoms with Gasteiger partial charge in [0.15, 0.2) is 5.82 Å². The van der Waals surface area contributed by atoms with Crippen LogP contribution in [0.3, 0.4) is 0 Å². The van der Waals surface area contributed by atoms with Gasteiger partial charge in [-0.1, -0.05) is 37.5 Å². The average molecular weight is 300 g/mol. The van der Waals surface area contributed by atoms with Gasteiger partial charge in [-0.2, -0.15) is 0 Å². The summed E-state index contributed by atoms with van der Waals surface area (Å²) in [6.07, 6.45) is 8.13. The van der Waals surface area contributed by atoms with Crippen LogP contribution in [0.2, 0.25) is 0 Å². The Bertz CT molecular complexity index is 563. The van der Waals surface area contributed by atoms with Crippen LogP contribution in [0.15, 0.2) is 36.7 Å². The van der Waals surface area contributed by atoms with Crippen LogP contribution in [0.25, 0.3) is 5.69 Å². The molecule has 0 unspecified atom stereocenters. The highest BCUT2D eigenvalue weighted by Gasteiger charge is 2.22. The molecule has 22 heavy (non-hydrogen) atoms. The Morgan fingerprint density at radius 3 is 2.64 bits per heavy atom. The van der Waals surface area contributed by atoms with E-state index in [0.29, 0.717) is 19.1 Å². The summed E-state index contributed by atoms with van der Waals surface area (Å²) in [4.78, 5) is 6.78. The fourth-order valence-electron chi connectivity index (χ4n) is 3.22. The van der Waals surface area contributed by atoms with Gasteiger partial charge in [0.05, 0.1) is 18.8 Å². The fourth-order valence-corrected chi connectivity index (χ4v) is 3.22. The number of hydrogen-bond acceptors (Lipinski definition) is 4. The zero-order chi connectivity index (χ0) is 15.2. The largest absolute Gasteiger partial charge is 0.395 e. The minimum absolute atomic E-state index is 0.190. The van der Waals surface area contributed by atoms with Gasteiger partial charge in [0, 0.05) is 12.6 Å². The maximum atomic E-state index is 9.34. The second kappa shape index (κ2) is 7.51. The molecule has 0 aliphatic heterocycles. The van der Waals surface area contributed by atoms with Crippen molar-refractivity contribution < 1.29 is 5.11 Å². The van der Waals surface area contributed by atoms with Gasteiger partial charge >= 0.3 is 0 Å². The molecule has 1 fully saturated rings. The van der Waals surface area contributed by atoms with Gasteiger partial charge in [-0.15, -0.1) is 5.10 Å². The number of aliphatic hydroxyl groups excluding tert-OH is 1. The van der Waals surface area contributed by atoms with Gasteiger partial charge in [0.1, 0.15) is 6.33 Å². The third-order valence-corrected chi connectivity index (χ3v) is 4.38. The molecule has 1 aliphatic carbocycles. The SMILES string of the molecule is OCCN(Cc1ncn(-c2ccccc2)n1)C1CCCCC1. The molecule has 0 bridgehead atoms. The van der Waals surface area contributed by atoms with Gasteiger partial charge < -0.3 is 5.11 Å². The summed E-state index contributed by atoms with van der Waals surface area (Å²) in [5.41, 5.74) is 1.02. The Morgan fingerprint density at radius 2 is 1.91 bits per heavy atom. The molecule has 1 heterocycles. The van der Waals surface area contributed by atoms with Gasteiger partial charge in [-0.3, -0.25) is 4.90 Å². The van der Waals surface area contributed by atoms with Crippen LogP contribution >= 0.6 is 0 Å². The predicted octanol–water partition coefficient (Wildman–Crippen LogP) is 2.39. The van der Waals surface area contributed by atoms with Crippen LogP contribution in [0.5, 0.6) is 0 Å². The van der Waals surface area contributed by atoms with Crippen molar-refractivity contribution >= 4 is 0 Å². The molecular weight excluding hydrogens is 276 g/mol. The Labute approximate surface area is 131 Å². The summed E-state index contributed by atoms with van der Waals surface area (Å²) in [6.45, 7) is 1.60. The van der Waals surface area contributed by atoms with E-state index in [4.69, 9.17) is 0 Å². The summed E-state index contributed by atoms with van der Waals surface area (Å²) >= 11 is 0. The predicted molar refractivity (Wildman–Crippen MR) is 85.7 cm³/mol. The highest BCUT2D eigenvalue weighted by atomic mass is 16.3. The molecular formula is C17H24N4O. The van der Waals surface area contributed by atoms with Crippen LogP contribution in [0, 0.1) is 0 Å². The molecule has 5 heteroatoms. The standard InChI is InChI=1S/C17H24N4O/c22-12-11-20(15-7-3-1-4-8-15)13-17-18-14-21(19-17)16-9-5-2-6-10-16/h2,5-6,9-10,14-15,22H,1,3-4,7-8,11-13H2. The van der Waals surface area contributed by atoms with Crippen molar-refractivity contribution in [2.24, 2.45) is 0 Å². The lowest BCUT2D eigenvalue weighted by Crippen LogP contribution is -2.38. The lowest BCUT2D eigenvalue weighted by molar-refractivity contribution is 0.114. The number of rotatable bonds is 6. The Kier molecular flexibility index (Phi) is 5.19. The first kappa shape index (κ1) is 15.2. The summed E-state index contributed by atoms with van der Waals surface area (Å²) < 4.78 is 1.81. The van der Waals surface area contributed by atoms with Gasteiger partial charge in [-0.25, -0.2) is 9.67 Å². The van der Waals surface area contributed by atoms with Crippen molar-refractivity contribution in [2.75, 3.05) is 13.2 Å². The first-order valence-corrected chi connectivity index (χ1v) is 8.17. The van der Waals surface area contributed by atoms with Crippen LogP contribution in [-0.2, 0) is 6.54 Å².